The van der Waals surface area contributed by atoms with Crippen molar-refractivity contribution in [1.29, 1.82) is 0 Å². The number of aromatic nitrogens is 1. The first-order chi connectivity index (χ1) is 13.7. The fourth-order valence-corrected chi connectivity index (χ4v) is 4.66. The molecule has 3 rings (SSSR count). The molecular weight excluding hydrogens is 394 g/mol. The SMILES string of the molecule is COC(=O)C1(c2cc(C=O)n(S(=O)(=O)c3ccc(C)cc3)c2)CC(C)=C(C)CO1. The van der Waals surface area contributed by atoms with Crippen molar-refractivity contribution in [1.82, 2.24) is 3.97 Å². The van der Waals surface area contributed by atoms with Crippen LogP contribution in [0.3, 0.4) is 0 Å². The highest BCUT2D eigenvalue weighted by Crippen LogP contribution is 2.40. The second-order valence-electron chi connectivity index (χ2n) is 7.23. The molecule has 29 heavy (non-hydrogen) atoms. The maximum atomic E-state index is 13.1. The summed E-state index contributed by atoms with van der Waals surface area (Å²) in [5.41, 5.74) is 1.50. The number of carbonyl (C=O) groups excluding carboxylic acids is 2. The van der Waals surface area contributed by atoms with Gasteiger partial charge < -0.3 is 9.47 Å². The average Bonchev–Trinajstić information content (AvgIpc) is 3.16. The van der Waals surface area contributed by atoms with Crippen LogP contribution in [-0.4, -0.2) is 38.4 Å². The van der Waals surface area contributed by atoms with Crippen LogP contribution in [0, 0.1) is 6.92 Å². The van der Waals surface area contributed by atoms with E-state index in [9.17, 15) is 18.0 Å². The minimum Gasteiger partial charge on any atom is -0.467 e. The fourth-order valence-electron chi connectivity index (χ4n) is 3.33. The van der Waals surface area contributed by atoms with Crippen molar-refractivity contribution in [3.63, 3.8) is 0 Å². The lowest BCUT2D eigenvalue weighted by Crippen LogP contribution is -2.42. The number of hydrogen-bond acceptors (Lipinski definition) is 6. The normalized spacial score (nSPS) is 19.9. The molecule has 1 unspecified atom stereocenters. The standard InChI is InChI=1S/C21H23NO6S/c1-14-5-7-19(8-6-14)29(25,26)22-11-17(9-18(22)12-23)21(20(24)27-4)10-15(2)16(3)13-28-21/h5-9,11-12H,10,13H2,1-4H3. The molecule has 1 atom stereocenters. The lowest BCUT2D eigenvalue weighted by Gasteiger charge is -2.35. The number of methoxy groups -OCH3 is 1. The highest BCUT2D eigenvalue weighted by atomic mass is 32.2. The number of aldehydes is 1. The van der Waals surface area contributed by atoms with Crippen LogP contribution in [0.4, 0.5) is 0 Å². The van der Waals surface area contributed by atoms with Gasteiger partial charge in [-0.15, -0.1) is 0 Å². The van der Waals surface area contributed by atoms with Crippen molar-refractivity contribution in [2.75, 3.05) is 13.7 Å². The van der Waals surface area contributed by atoms with Gasteiger partial charge in [0.15, 0.2) is 11.9 Å². The molecule has 0 fully saturated rings. The van der Waals surface area contributed by atoms with Gasteiger partial charge in [-0.2, -0.15) is 0 Å². The first kappa shape index (κ1) is 21.0. The number of nitrogens with zero attached hydrogens (tertiary/aromatic N) is 1. The van der Waals surface area contributed by atoms with Gasteiger partial charge in [0.05, 0.1) is 24.3 Å². The number of esters is 1. The van der Waals surface area contributed by atoms with E-state index in [1.54, 1.807) is 12.1 Å². The van der Waals surface area contributed by atoms with E-state index >= 15 is 0 Å². The molecule has 7 nitrogen and oxygen atoms in total. The van der Waals surface area contributed by atoms with Crippen LogP contribution < -0.4 is 0 Å². The number of carbonyl (C=O) groups is 2. The number of ether oxygens (including phenoxy) is 2. The Kier molecular flexibility index (Phi) is 5.51. The Morgan fingerprint density at radius 3 is 2.38 bits per heavy atom. The third kappa shape index (κ3) is 3.54. The molecule has 2 aromatic rings. The summed E-state index contributed by atoms with van der Waals surface area (Å²) in [5.74, 6) is -0.647. The van der Waals surface area contributed by atoms with Gasteiger partial charge in [-0.25, -0.2) is 17.2 Å². The van der Waals surface area contributed by atoms with Gasteiger partial charge in [0, 0.05) is 18.2 Å². The van der Waals surface area contributed by atoms with Gasteiger partial charge in [-0.05, 0) is 44.5 Å². The van der Waals surface area contributed by atoms with E-state index in [4.69, 9.17) is 9.47 Å². The maximum absolute atomic E-state index is 13.1. The number of rotatable bonds is 5. The quantitative estimate of drug-likeness (QED) is 0.422. The summed E-state index contributed by atoms with van der Waals surface area (Å²) in [7, 11) is -2.79. The largest absolute Gasteiger partial charge is 0.467 e. The van der Waals surface area contributed by atoms with Crippen LogP contribution in [0.1, 0.15) is 41.9 Å². The van der Waals surface area contributed by atoms with Crippen LogP contribution in [0.25, 0.3) is 0 Å². The number of benzene rings is 1. The highest BCUT2D eigenvalue weighted by molar-refractivity contribution is 7.90. The number of aryl methyl sites for hydroxylation is 1. The van der Waals surface area contributed by atoms with E-state index < -0.39 is 21.6 Å². The summed E-state index contributed by atoms with van der Waals surface area (Å²) < 4.78 is 38.0. The van der Waals surface area contributed by atoms with Gasteiger partial charge in [-0.3, -0.25) is 4.79 Å². The molecule has 0 saturated carbocycles. The summed E-state index contributed by atoms with van der Waals surface area (Å²) in [4.78, 5) is 24.4. The Morgan fingerprint density at radius 1 is 1.17 bits per heavy atom. The maximum Gasteiger partial charge on any atom is 0.343 e. The van der Waals surface area contributed by atoms with E-state index in [-0.39, 0.29) is 29.2 Å². The molecule has 0 N–H and O–H groups in total. The minimum atomic E-state index is -4.03. The lowest BCUT2D eigenvalue weighted by molar-refractivity contribution is -0.172. The molecule has 0 spiro atoms. The highest BCUT2D eigenvalue weighted by Gasteiger charge is 2.46. The molecule has 0 aliphatic carbocycles. The van der Waals surface area contributed by atoms with E-state index in [1.807, 2.05) is 20.8 Å². The van der Waals surface area contributed by atoms with Crippen molar-refractivity contribution in [3.05, 3.63) is 64.5 Å². The Hall–Kier alpha value is -2.71. The van der Waals surface area contributed by atoms with Crippen molar-refractivity contribution in [3.8, 4) is 0 Å². The Bertz CT molecular complexity index is 1090. The molecule has 1 aliphatic rings. The molecule has 0 bridgehead atoms. The molecule has 154 valence electrons. The van der Waals surface area contributed by atoms with Crippen LogP contribution in [0.5, 0.6) is 0 Å². The molecule has 8 heteroatoms. The molecule has 2 heterocycles. The Balaban J connectivity index is 2.17. The van der Waals surface area contributed by atoms with Crippen molar-refractivity contribution >= 4 is 22.3 Å². The second-order valence-corrected chi connectivity index (χ2v) is 9.05. The number of hydrogen-bond donors (Lipinski definition) is 0. The zero-order valence-electron chi connectivity index (χ0n) is 16.8. The van der Waals surface area contributed by atoms with Gasteiger partial charge in [0.25, 0.3) is 10.0 Å². The molecule has 0 radical (unpaired) electrons. The predicted molar refractivity (Wildman–Crippen MR) is 106 cm³/mol. The fraction of sp³-hybridized carbons (Fsp3) is 0.333. The van der Waals surface area contributed by atoms with Crippen LogP contribution >= 0.6 is 0 Å². The zero-order chi connectivity index (χ0) is 21.4. The topological polar surface area (TPSA) is 91.7 Å². The van der Waals surface area contributed by atoms with Crippen molar-refractivity contribution < 1.29 is 27.5 Å². The monoisotopic (exact) mass is 417 g/mol. The first-order valence-electron chi connectivity index (χ1n) is 9.03. The van der Waals surface area contributed by atoms with Gasteiger partial charge in [0.1, 0.15) is 0 Å². The molecule has 1 aromatic carbocycles. The summed E-state index contributed by atoms with van der Waals surface area (Å²) >= 11 is 0. The zero-order valence-corrected chi connectivity index (χ0v) is 17.6. The molecule has 0 amide bonds. The smallest absolute Gasteiger partial charge is 0.343 e. The Morgan fingerprint density at radius 2 is 1.83 bits per heavy atom. The molecule has 0 saturated heterocycles. The average molecular weight is 417 g/mol. The molecule has 1 aromatic heterocycles. The summed E-state index contributed by atoms with van der Waals surface area (Å²) in [6, 6.07) is 7.66. The molecule has 1 aliphatic heterocycles. The summed E-state index contributed by atoms with van der Waals surface area (Å²) in [6.45, 7) is 5.84. The van der Waals surface area contributed by atoms with Crippen LogP contribution in [0.2, 0.25) is 0 Å². The van der Waals surface area contributed by atoms with Crippen LogP contribution in [-0.2, 0) is 29.9 Å². The van der Waals surface area contributed by atoms with E-state index in [2.05, 4.69) is 0 Å². The summed E-state index contributed by atoms with van der Waals surface area (Å²) in [6.07, 6.45) is 1.92. The van der Waals surface area contributed by atoms with Crippen LogP contribution in [0.15, 0.2) is 52.6 Å². The first-order valence-corrected chi connectivity index (χ1v) is 10.5. The van der Waals surface area contributed by atoms with Gasteiger partial charge >= 0.3 is 5.97 Å². The minimum absolute atomic E-state index is 0.0388. The lowest BCUT2D eigenvalue weighted by atomic mass is 9.85. The van der Waals surface area contributed by atoms with Gasteiger partial charge in [-0.1, -0.05) is 23.3 Å². The van der Waals surface area contributed by atoms with Gasteiger partial charge in [0.2, 0.25) is 0 Å². The third-order valence-electron chi connectivity index (χ3n) is 5.27. The predicted octanol–water partition coefficient (Wildman–Crippen LogP) is 2.97. The summed E-state index contributed by atoms with van der Waals surface area (Å²) in [5, 5.41) is 0. The van der Waals surface area contributed by atoms with E-state index in [0.29, 0.717) is 6.29 Å². The van der Waals surface area contributed by atoms with E-state index in [0.717, 1.165) is 20.7 Å². The van der Waals surface area contributed by atoms with E-state index in [1.165, 1.54) is 31.5 Å². The molecular formula is C21H23NO6S. The second kappa shape index (κ2) is 7.61. The van der Waals surface area contributed by atoms with Crippen molar-refractivity contribution in [2.24, 2.45) is 0 Å². The Labute approximate surface area is 170 Å². The third-order valence-corrected chi connectivity index (χ3v) is 6.97. The van der Waals surface area contributed by atoms with Crippen molar-refractivity contribution in [2.45, 2.75) is 37.7 Å².